The number of hydrogen-bond donors (Lipinski definition) is 1. The van der Waals surface area contributed by atoms with Gasteiger partial charge in [0.05, 0.1) is 16.7 Å². The highest BCUT2D eigenvalue weighted by molar-refractivity contribution is 5.93. The van der Waals surface area contributed by atoms with Gasteiger partial charge in [0.2, 0.25) is 0 Å². The van der Waals surface area contributed by atoms with E-state index < -0.39 is 17.6 Å². The van der Waals surface area contributed by atoms with Gasteiger partial charge in [-0.1, -0.05) is 19.6 Å². The minimum atomic E-state index is -0.624. The number of aromatic hydroxyl groups is 1. The number of aryl methyl sites for hydroxylation is 2. The van der Waals surface area contributed by atoms with Gasteiger partial charge in [-0.25, -0.2) is 14.4 Å². The van der Waals surface area contributed by atoms with Gasteiger partial charge in [-0.3, -0.25) is 4.79 Å². The minimum Gasteiger partial charge on any atom is -0.508 e. The zero-order valence-corrected chi connectivity index (χ0v) is 24.5. The highest BCUT2D eigenvalue weighted by Crippen LogP contribution is 2.32. The van der Waals surface area contributed by atoms with Gasteiger partial charge in [0.25, 0.3) is 0 Å². The van der Waals surface area contributed by atoms with Crippen molar-refractivity contribution >= 4 is 28.7 Å². The highest BCUT2D eigenvalue weighted by Gasteiger charge is 2.18. The van der Waals surface area contributed by atoms with Crippen LogP contribution in [0.3, 0.4) is 0 Å². The first-order valence-electron chi connectivity index (χ1n) is 14.0. The molecule has 0 aliphatic heterocycles. The molecular weight excluding hydrogens is 576 g/mol. The number of esters is 2. The number of phenols is 1. The van der Waals surface area contributed by atoms with Crippen molar-refractivity contribution in [1.29, 1.82) is 0 Å². The third-order valence-electron chi connectivity index (χ3n) is 7.08. The predicted octanol–water partition coefficient (Wildman–Crippen LogP) is 6.61. The fourth-order valence-corrected chi connectivity index (χ4v) is 4.67. The van der Waals surface area contributed by atoms with Crippen molar-refractivity contribution in [3.05, 3.63) is 130 Å². The summed E-state index contributed by atoms with van der Waals surface area (Å²) in [4.78, 5) is 49.9. The molecule has 0 aliphatic carbocycles. The Morgan fingerprint density at radius 3 is 2.16 bits per heavy atom. The van der Waals surface area contributed by atoms with E-state index in [0.717, 1.165) is 0 Å². The third-order valence-corrected chi connectivity index (χ3v) is 7.08. The zero-order valence-electron chi connectivity index (χ0n) is 24.5. The van der Waals surface area contributed by atoms with Crippen molar-refractivity contribution in [2.75, 3.05) is 6.61 Å². The van der Waals surface area contributed by atoms with Crippen LogP contribution in [0, 0.1) is 6.92 Å². The Balaban J connectivity index is 1.35. The number of rotatable bonds is 10. The first kappa shape index (κ1) is 30.5. The molecule has 0 fully saturated rings. The molecule has 1 aromatic heterocycles. The van der Waals surface area contributed by atoms with Crippen molar-refractivity contribution < 1.29 is 38.1 Å². The Hall–Kier alpha value is -5.96. The van der Waals surface area contributed by atoms with E-state index in [1.54, 1.807) is 61.5 Å². The number of fused-ring (bicyclic) bond motifs is 1. The van der Waals surface area contributed by atoms with Crippen LogP contribution in [0.2, 0.25) is 0 Å². The molecular formula is C36H28O9. The van der Waals surface area contributed by atoms with E-state index in [9.17, 15) is 24.3 Å². The molecule has 0 saturated heterocycles. The Kier molecular flexibility index (Phi) is 8.90. The minimum absolute atomic E-state index is 0.0282. The van der Waals surface area contributed by atoms with Crippen LogP contribution in [-0.2, 0) is 11.2 Å². The first-order chi connectivity index (χ1) is 21.7. The molecule has 0 aliphatic rings. The summed E-state index contributed by atoms with van der Waals surface area (Å²) < 4.78 is 22.1. The molecule has 226 valence electrons. The number of benzene rings is 4. The van der Waals surface area contributed by atoms with E-state index in [1.165, 1.54) is 36.4 Å². The normalized spacial score (nSPS) is 10.7. The smallest absolute Gasteiger partial charge is 0.344 e. The second kappa shape index (κ2) is 13.1. The molecule has 0 spiro atoms. The van der Waals surface area contributed by atoms with Crippen LogP contribution in [0.4, 0.5) is 0 Å². The van der Waals surface area contributed by atoms with Crippen LogP contribution < -0.4 is 19.8 Å². The monoisotopic (exact) mass is 604 g/mol. The average molecular weight is 605 g/mol. The van der Waals surface area contributed by atoms with Crippen LogP contribution in [0.5, 0.6) is 23.0 Å². The van der Waals surface area contributed by atoms with Gasteiger partial charge >= 0.3 is 17.6 Å². The molecule has 0 unspecified atom stereocenters. The summed E-state index contributed by atoms with van der Waals surface area (Å²) in [5, 5.41) is 10.1. The molecule has 5 aromatic rings. The van der Waals surface area contributed by atoms with Crippen LogP contribution in [0.25, 0.3) is 22.1 Å². The number of phenolic OH excluding ortho intramolecular Hbond substituents is 1. The van der Waals surface area contributed by atoms with Crippen molar-refractivity contribution in [2.24, 2.45) is 0 Å². The van der Waals surface area contributed by atoms with E-state index in [0.29, 0.717) is 51.1 Å². The zero-order chi connectivity index (χ0) is 32.1. The molecule has 0 amide bonds. The van der Waals surface area contributed by atoms with Crippen molar-refractivity contribution in [3.63, 3.8) is 0 Å². The summed E-state index contributed by atoms with van der Waals surface area (Å²) in [7, 11) is 0. The molecule has 0 saturated carbocycles. The highest BCUT2D eigenvalue weighted by atomic mass is 16.5. The number of ketones is 1. The predicted molar refractivity (Wildman–Crippen MR) is 167 cm³/mol. The molecule has 9 heteroatoms. The number of ether oxygens (including phenoxy) is 3. The third kappa shape index (κ3) is 6.83. The standard InChI is InChI=1S/C36H28O9/c1-4-22-18-25(10-17-31(22)44-35(40)24-8-13-28(14-9-24)42-20-26(37)5-2)33-21(3)30-16-15-29(19-32(30)45-36(33)41)43-34(39)23-6-11-27(38)12-7-23/h5-19,38H,2,4,20H2,1,3H3. The molecule has 1 N–H and O–H groups in total. The maximum Gasteiger partial charge on any atom is 0.344 e. The summed E-state index contributed by atoms with van der Waals surface area (Å²) in [6.45, 7) is 6.96. The van der Waals surface area contributed by atoms with E-state index in [4.69, 9.17) is 18.6 Å². The lowest BCUT2D eigenvalue weighted by molar-refractivity contribution is -0.116. The molecule has 4 aromatic carbocycles. The second-order valence-corrected chi connectivity index (χ2v) is 10.0. The van der Waals surface area contributed by atoms with Gasteiger partial charge in [0.1, 0.15) is 28.6 Å². The van der Waals surface area contributed by atoms with Gasteiger partial charge in [0, 0.05) is 11.5 Å². The molecule has 0 bridgehead atoms. The van der Waals surface area contributed by atoms with E-state index >= 15 is 0 Å². The van der Waals surface area contributed by atoms with Crippen molar-refractivity contribution in [1.82, 2.24) is 0 Å². The quantitative estimate of drug-likeness (QED) is 0.0810. The van der Waals surface area contributed by atoms with Gasteiger partial charge in [-0.15, -0.1) is 0 Å². The second-order valence-electron chi connectivity index (χ2n) is 10.0. The summed E-state index contributed by atoms with van der Waals surface area (Å²) >= 11 is 0. The summed E-state index contributed by atoms with van der Waals surface area (Å²) in [6, 6.07) is 21.8. The van der Waals surface area contributed by atoms with Crippen LogP contribution in [0.1, 0.15) is 38.8 Å². The Bertz CT molecular complexity index is 1990. The first-order valence-corrected chi connectivity index (χ1v) is 14.0. The maximum absolute atomic E-state index is 13.2. The van der Waals surface area contributed by atoms with Crippen LogP contribution in [0.15, 0.2) is 107 Å². The molecule has 5 rings (SSSR count). The van der Waals surface area contributed by atoms with Crippen LogP contribution in [-0.4, -0.2) is 29.4 Å². The SMILES string of the molecule is C=CC(=O)COc1ccc(C(=O)Oc2ccc(-c3c(C)c4ccc(OC(=O)c5ccc(O)cc5)cc4oc3=O)cc2CC)cc1. The lowest BCUT2D eigenvalue weighted by atomic mass is 9.97. The summed E-state index contributed by atoms with van der Waals surface area (Å²) in [6.07, 6.45) is 1.70. The molecule has 0 radical (unpaired) electrons. The fourth-order valence-electron chi connectivity index (χ4n) is 4.67. The largest absolute Gasteiger partial charge is 0.508 e. The number of carbonyl (C=O) groups is 3. The van der Waals surface area contributed by atoms with E-state index in [1.807, 2.05) is 6.92 Å². The lowest BCUT2D eigenvalue weighted by Gasteiger charge is -2.13. The van der Waals surface area contributed by atoms with Gasteiger partial charge in [0.15, 0.2) is 12.4 Å². The number of carbonyl (C=O) groups excluding carboxylic acids is 3. The van der Waals surface area contributed by atoms with Crippen molar-refractivity contribution in [2.45, 2.75) is 20.3 Å². The topological polar surface area (TPSA) is 129 Å². The molecule has 1 heterocycles. The molecule has 0 atom stereocenters. The average Bonchev–Trinajstić information content (AvgIpc) is 3.04. The van der Waals surface area contributed by atoms with Gasteiger partial charge in [-0.2, -0.15) is 0 Å². The van der Waals surface area contributed by atoms with Gasteiger partial charge < -0.3 is 23.7 Å². The molecule has 9 nitrogen and oxygen atoms in total. The lowest BCUT2D eigenvalue weighted by Crippen LogP contribution is -2.11. The number of hydrogen-bond acceptors (Lipinski definition) is 9. The van der Waals surface area contributed by atoms with E-state index in [-0.39, 0.29) is 35.0 Å². The Labute approximate surface area is 257 Å². The molecule has 45 heavy (non-hydrogen) atoms. The van der Waals surface area contributed by atoms with E-state index in [2.05, 4.69) is 6.58 Å². The van der Waals surface area contributed by atoms with Crippen LogP contribution >= 0.6 is 0 Å². The Morgan fingerprint density at radius 2 is 1.49 bits per heavy atom. The maximum atomic E-state index is 13.2. The van der Waals surface area contributed by atoms with Gasteiger partial charge in [-0.05, 0) is 109 Å². The fraction of sp³-hybridized carbons (Fsp3) is 0.111. The summed E-state index contributed by atoms with van der Waals surface area (Å²) in [5.41, 5.74) is 2.55. The van der Waals surface area contributed by atoms with Crippen molar-refractivity contribution in [3.8, 4) is 34.1 Å². The summed E-state index contributed by atoms with van der Waals surface area (Å²) in [5.74, 6) is -0.455. The Morgan fingerprint density at radius 1 is 0.844 bits per heavy atom.